The highest BCUT2D eigenvalue weighted by atomic mass is 16.5. The van der Waals surface area contributed by atoms with Gasteiger partial charge in [0.15, 0.2) is 6.61 Å². The number of carbonyl (C=O) groups is 2. The van der Waals surface area contributed by atoms with Gasteiger partial charge in [0, 0.05) is 12.0 Å². The highest BCUT2D eigenvalue weighted by molar-refractivity contribution is 6.05. The molecule has 2 amide bonds. The van der Waals surface area contributed by atoms with Crippen molar-refractivity contribution in [3.05, 3.63) is 54.1 Å². The number of para-hydroxylation sites is 3. The van der Waals surface area contributed by atoms with E-state index >= 15 is 0 Å². The first-order valence-corrected chi connectivity index (χ1v) is 8.32. The van der Waals surface area contributed by atoms with E-state index in [4.69, 9.17) is 9.47 Å². The second kappa shape index (κ2) is 6.87. The molecule has 0 spiro atoms. The summed E-state index contributed by atoms with van der Waals surface area (Å²) >= 11 is 0. The van der Waals surface area contributed by atoms with Crippen LogP contribution < -0.4 is 19.8 Å². The molecule has 0 saturated heterocycles. The largest absolute Gasteiger partial charge is 0.492 e. The Labute approximate surface area is 150 Å². The van der Waals surface area contributed by atoms with Gasteiger partial charge in [0.2, 0.25) is 0 Å². The predicted octanol–water partition coefficient (Wildman–Crippen LogP) is 1.71. The fraction of sp³-hybridized carbons (Fsp3) is 0.211. The number of nitrogens with one attached hydrogen (secondary N) is 1. The summed E-state index contributed by atoms with van der Waals surface area (Å²) in [7, 11) is 0. The molecule has 0 atom stereocenters. The first-order valence-electron chi connectivity index (χ1n) is 8.32. The number of nitrogens with zero attached hydrogens (tertiary/aromatic N) is 2. The van der Waals surface area contributed by atoms with Gasteiger partial charge < -0.3 is 9.47 Å². The smallest absolute Gasteiger partial charge is 0.265 e. The van der Waals surface area contributed by atoms with Gasteiger partial charge in [-0.25, -0.2) is 5.43 Å². The second-order valence-electron chi connectivity index (χ2n) is 5.92. The number of anilines is 1. The van der Waals surface area contributed by atoms with Crippen molar-refractivity contribution in [1.82, 2.24) is 5.43 Å². The molecular weight excluding hydrogens is 334 g/mol. The van der Waals surface area contributed by atoms with Gasteiger partial charge in [0.1, 0.15) is 18.0 Å². The van der Waals surface area contributed by atoms with Crippen LogP contribution in [0.1, 0.15) is 12.0 Å². The molecule has 0 aliphatic carbocycles. The molecule has 26 heavy (non-hydrogen) atoms. The quantitative estimate of drug-likeness (QED) is 0.854. The van der Waals surface area contributed by atoms with Crippen LogP contribution in [-0.4, -0.2) is 37.3 Å². The zero-order valence-corrected chi connectivity index (χ0v) is 14.0. The van der Waals surface area contributed by atoms with E-state index in [0.717, 1.165) is 17.0 Å². The second-order valence-corrected chi connectivity index (χ2v) is 5.92. The van der Waals surface area contributed by atoms with Gasteiger partial charge >= 0.3 is 0 Å². The highest BCUT2D eigenvalue weighted by Crippen LogP contribution is 2.31. The third-order valence-corrected chi connectivity index (χ3v) is 4.22. The number of hydrogen-bond acceptors (Lipinski definition) is 5. The minimum atomic E-state index is -0.369. The highest BCUT2D eigenvalue weighted by Gasteiger charge is 2.27. The molecular formula is C19H17N3O4. The van der Waals surface area contributed by atoms with E-state index in [-0.39, 0.29) is 25.0 Å². The molecule has 0 radical (unpaired) electrons. The zero-order chi connectivity index (χ0) is 17.9. The summed E-state index contributed by atoms with van der Waals surface area (Å²) in [6.07, 6.45) is 0.608. The van der Waals surface area contributed by atoms with E-state index in [0.29, 0.717) is 24.5 Å². The van der Waals surface area contributed by atoms with Crippen molar-refractivity contribution in [3.8, 4) is 11.5 Å². The lowest BCUT2D eigenvalue weighted by Gasteiger charge is -2.28. The normalized spacial score (nSPS) is 17.0. The number of hydrazone groups is 1. The van der Waals surface area contributed by atoms with Gasteiger partial charge in [-0.15, -0.1) is 0 Å². The number of carbonyl (C=O) groups excluding carboxylic acids is 2. The van der Waals surface area contributed by atoms with Crippen LogP contribution in [0.5, 0.6) is 11.5 Å². The van der Waals surface area contributed by atoms with Crippen molar-refractivity contribution in [3.63, 3.8) is 0 Å². The molecule has 0 saturated carbocycles. The lowest BCUT2D eigenvalue weighted by atomic mass is 10.0. The SMILES string of the molecule is O=C(CN1C(=O)COc2ccccc21)NN=C1CCOc2ccccc21. The predicted molar refractivity (Wildman–Crippen MR) is 95.5 cm³/mol. The molecule has 2 aromatic carbocycles. The average molecular weight is 351 g/mol. The molecule has 132 valence electrons. The van der Waals surface area contributed by atoms with Gasteiger partial charge in [-0.3, -0.25) is 14.5 Å². The van der Waals surface area contributed by atoms with E-state index in [1.165, 1.54) is 4.90 Å². The summed E-state index contributed by atoms with van der Waals surface area (Å²) in [6.45, 7) is 0.318. The van der Waals surface area contributed by atoms with E-state index in [2.05, 4.69) is 10.5 Å². The monoisotopic (exact) mass is 351 g/mol. The lowest BCUT2D eigenvalue weighted by molar-refractivity contribution is -0.125. The first kappa shape index (κ1) is 16.1. The lowest BCUT2D eigenvalue weighted by Crippen LogP contribution is -2.44. The van der Waals surface area contributed by atoms with Gasteiger partial charge in [-0.2, -0.15) is 5.10 Å². The van der Waals surface area contributed by atoms with Crippen LogP contribution in [-0.2, 0) is 9.59 Å². The summed E-state index contributed by atoms with van der Waals surface area (Å²) < 4.78 is 11.0. The summed E-state index contributed by atoms with van der Waals surface area (Å²) in [5.74, 6) is 0.711. The van der Waals surface area contributed by atoms with Crippen LogP contribution in [0.4, 0.5) is 5.69 Å². The van der Waals surface area contributed by atoms with Crippen LogP contribution in [0.25, 0.3) is 0 Å². The maximum absolute atomic E-state index is 12.3. The number of fused-ring (bicyclic) bond motifs is 2. The Hall–Kier alpha value is -3.35. The van der Waals surface area contributed by atoms with Crippen molar-refractivity contribution in [2.45, 2.75) is 6.42 Å². The molecule has 0 fully saturated rings. The fourth-order valence-corrected chi connectivity index (χ4v) is 2.98. The van der Waals surface area contributed by atoms with Gasteiger partial charge in [0.05, 0.1) is 18.0 Å². The van der Waals surface area contributed by atoms with Crippen LogP contribution in [0.3, 0.4) is 0 Å². The Balaban J connectivity index is 1.48. The summed E-state index contributed by atoms with van der Waals surface area (Å²) in [4.78, 5) is 25.9. The molecule has 7 heteroatoms. The maximum Gasteiger partial charge on any atom is 0.265 e. The third-order valence-electron chi connectivity index (χ3n) is 4.22. The van der Waals surface area contributed by atoms with Crippen molar-refractivity contribution in [2.75, 3.05) is 24.7 Å². The summed E-state index contributed by atoms with van der Waals surface area (Å²) in [6, 6.07) is 14.7. The summed E-state index contributed by atoms with van der Waals surface area (Å²) in [5.41, 5.74) is 4.76. The average Bonchev–Trinajstić information content (AvgIpc) is 2.68. The molecule has 0 unspecified atom stereocenters. The van der Waals surface area contributed by atoms with Crippen LogP contribution >= 0.6 is 0 Å². The van der Waals surface area contributed by atoms with Crippen LogP contribution in [0.2, 0.25) is 0 Å². The molecule has 0 aromatic heterocycles. The maximum atomic E-state index is 12.3. The molecule has 2 aromatic rings. The minimum absolute atomic E-state index is 0.0798. The number of hydrogen-bond donors (Lipinski definition) is 1. The molecule has 2 aliphatic heterocycles. The Bertz CT molecular complexity index is 894. The molecule has 0 bridgehead atoms. The standard InChI is InChI=1S/C19H17N3O4/c23-18(11-22-15-6-2-4-8-17(15)26-12-19(22)24)21-20-14-9-10-25-16-7-3-1-5-13(14)16/h1-8H,9-12H2,(H,21,23). The van der Waals surface area contributed by atoms with E-state index in [9.17, 15) is 9.59 Å². The topological polar surface area (TPSA) is 80.2 Å². The Morgan fingerprint density at radius 2 is 1.85 bits per heavy atom. The Morgan fingerprint density at radius 3 is 2.73 bits per heavy atom. The number of benzene rings is 2. The summed E-state index contributed by atoms with van der Waals surface area (Å²) in [5, 5.41) is 4.24. The van der Waals surface area contributed by atoms with Crippen molar-refractivity contribution >= 4 is 23.2 Å². The fourth-order valence-electron chi connectivity index (χ4n) is 2.98. The number of amides is 2. The van der Waals surface area contributed by atoms with E-state index < -0.39 is 0 Å². The minimum Gasteiger partial charge on any atom is -0.492 e. The van der Waals surface area contributed by atoms with Crippen molar-refractivity contribution in [1.29, 1.82) is 0 Å². The van der Waals surface area contributed by atoms with E-state index in [1.54, 1.807) is 18.2 Å². The van der Waals surface area contributed by atoms with Gasteiger partial charge in [-0.1, -0.05) is 24.3 Å². The number of rotatable bonds is 3. The van der Waals surface area contributed by atoms with E-state index in [1.807, 2.05) is 30.3 Å². The van der Waals surface area contributed by atoms with Gasteiger partial charge in [-0.05, 0) is 24.3 Å². The van der Waals surface area contributed by atoms with Crippen LogP contribution in [0.15, 0.2) is 53.6 Å². The molecule has 2 aliphatic rings. The third kappa shape index (κ3) is 3.11. The zero-order valence-electron chi connectivity index (χ0n) is 14.0. The first-order chi connectivity index (χ1) is 12.7. The molecule has 2 heterocycles. The molecule has 4 rings (SSSR count). The Morgan fingerprint density at radius 1 is 1.08 bits per heavy atom. The number of ether oxygens (including phenoxy) is 2. The Kier molecular flexibility index (Phi) is 4.27. The molecule has 1 N–H and O–H groups in total. The molecule has 7 nitrogen and oxygen atoms in total. The van der Waals surface area contributed by atoms with Crippen molar-refractivity contribution in [2.24, 2.45) is 5.10 Å². The van der Waals surface area contributed by atoms with Crippen molar-refractivity contribution < 1.29 is 19.1 Å². The van der Waals surface area contributed by atoms with Crippen LogP contribution in [0, 0.1) is 0 Å². The van der Waals surface area contributed by atoms with Gasteiger partial charge in [0.25, 0.3) is 11.8 Å².